The Kier molecular flexibility index (Phi) is 5.53. The first kappa shape index (κ1) is 19.4. The summed E-state index contributed by atoms with van der Waals surface area (Å²) in [5.41, 5.74) is -0.947. The molecule has 2 atom stereocenters. The van der Waals surface area contributed by atoms with Crippen LogP contribution in [0.15, 0.2) is 29.2 Å². The lowest BCUT2D eigenvalue weighted by Gasteiger charge is -2.31. The summed E-state index contributed by atoms with van der Waals surface area (Å²) >= 11 is 0. The van der Waals surface area contributed by atoms with E-state index >= 15 is 0 Å². The monoisotopic (exact) mass is 368 g/mol. The zero-order valence-electron chi connectivity index (χ0n) is 14.7. The van der Waals surface area contributed by atoms with Gasteiger partial charge in [0.2, 0.25) is 10.0 Å². The van der Waals surface area contributed by atoms with E-state index in [2.05, 4.69) is 4.72 Å². The molecular weight excluding hydrogens is 344 g/mol. The number of carboxylic acids is 1. The molecule has 0 radical (unpaired) electrons. The van der Waals surface area contributed by atoms with E-state index in [0.29, 0.717) is 25.8 Å². The zero-order chi connectivity index (χ0) is 18.8. The third-order valence-corrected chi connectivity index (χ3v) is 6.33. The Morgan fingerprint density at radius 3 is 2.44 bits per heavy atom. The van der Waals surface area contributed by atoms with Crippen LogP contribution in [0.1, 0.15) is 50.4 Å². The molecule has 1 amide bonds. The number of aliphatic carboxylic acids is 1. The second kappa shape index (κ2) is 7.13. The minimum atomic E-state index is -3.64. The second-order valence-corrected chi connectivity index (χ2v) is 8.31. The number of likely N-dealkylation sites (tertiary alicyclic amines) is 1. The standard InChI is InChI=1S/C17H24N2O5S/c1-4-12(2)18-25(23,24)14-8-6-13(7-9-14)15(20)19-11-5-10-17(19,3)16(21)22/h6-9,12,18H,4-5,10-11H2,1-3H3,(H,21,22). The van der Waals surface area contributed by atoms with Gasteiger partial charge in [0.05, 0.1) is 4.90 Å². The van der Waals surface area contributed by atoms with E-state index in [4.69, 9.17) is 0 Å². The fraction of sp³-hybridized carbons (Fsp3) is 0.529. The maximum absolute atomic E-state index is 12.6. The quantitative estimate of drug-likeness (QED) is 0.797. The van der Waals surface area contributed by atoms with Crippen LogP contribution in [-0.4, -0.2) is 48.4 Å². The Bertz CT molecular complexity index is 760. The average molecular weight is 368 g/mol. The molecule has 1 aliphatic heterocycles. The summed E-state index contributed by atoms with van der Waals surface area (Å²) in [4.78, 5) is 25.6. The molecular formula is C17H24N2O5S. The van der Waals surface area contributed by atoms with Gasteiger partial charge in [0.25, 0.3) is 5.91 Å². The Balaban J connectivity index is 2.23. The third-order valence-electron chi connectivity index (χ3n) is 4.73. The minimum absolute atomic E-state index is 0.0757. The lowest BCUT2D eigenvalue weighted by Crippen LogP contribution is -2.50. The molecule has 0 bridgehead atoms. The van der Waals surface area contributed by atoms with Crippen molar-refractivity contribution in [3.63, 3.8) is 0 Å². The van der Waals surface area contributed by atoms with Crippen LogP contribution in [0.2, 0.25) is 0 Å². The highest BCUT2D eigenvalue weighted by Gasteiger charge is 2.46. The van der Waals surface area contributed by atoms with Gasteiger partial charge in [-0.05, 0) is 57.4 Å². The summed E-state index contributed by atoms with van der Waals surface area (Å²) in [6.45, 7) is 5.56. The lowest BCUT2D eigenvalue weighted by molar-refractivity contribution is -0.147. The summed E-state index contributed by atoms with van der Waals surface area (Å²) in [6.07, 6.45) is 1.69. The van der Waals surface area contributed by atoms with Crippen molar-refractivity contribution < 1.29 is 23.1 Å². The predicted molar refractivity (Wildman–Crippen MR) is 92.8 cm³/mol. The first-order chi connectivity index (χ1) is 11.6. The number of nitrogens with one attached hydrogen (secondary N) is 1. The zero-order valence-corrected chi connectivity index (χ0v) is 15.5. The SMILES string of the molecule is CCC(C)NS(=O)(=O)c1ccc(C(=O)N2CCCC2(C)C(=O)O)cc1. The van der Waals surface area contributed by atoms with E-state index in [1.165, 1.54) is 36.1 Å². The summed E-state index contributed by atoms with van der Waals surface area (Å²) in [6, 6.07) is 5.40. The van der Waals surface area contributed by atoms with Crippen LogP contribution in [0.25, 0.3) is 0 Å². The van der Waals surface area contributed by atoms with Crippen LogP contribution in [-0.2, 0) is 14.8 Å². The van der Waals surface area contributed by atoms with Crippen LogP contribution in [0.3, 0.4) is 0 Å². The van der Waals surface area contributed by atoms with Crippen LogP contribution in [0.4, 0.5) is 0 Å². The Hall–Kier alpha value is -1.93. The van der Waals surface area contributed by atoms with Crippen molar-refractivity contribution in [1.29, 1.82) is 0 Å². The largest absolute Gasteiger partial charge is 0.480 e. The maximum Gasteiger partial charge on any atom is 0.329 e. The van der Waals surface area contributed by atoms with Crippen LogP contribution < -0.4 is 4.72 Å². The number of amides is 1. The van der Waals surface area contributed by atoms with Crippen molar-refractivity contribution in [3.05, 3.63) is 29.8 Å². The highest BCUT2D eigenvalue weighted by Crippen LogP contribution is 2.31. The molecule has 25 heavy (non-hydrogen) atoms. The lowest BCUT2D eigenvalue weighted by atomic mass is 9.98. The molecule has 0 aliphatic carbocycles. The molecule has 0 aromatic heterocycles. The van der Waals surface area contributed by atoms with E-state index in [1.807, 2.05) is 6.92 Å². The molecule has 2 N–H and O–H groups in total. The fourth-order valence-corrected chi connectivity index (χ4v) is 4.19. The van der Waals surface area contributed by atoms with E-state index in [0.717, 1.165) is 0 Å². The smallest absolute Gasteiger partial charge is 0.329 e. The molecule has 2 unspecified atom stereocenters. The van der Waals surface area contributed by atoms with Gasteiger partial charge < -0.3 is 10.0 Å². The molecule has 1 aromatic rings. The molecule has 1 aliphatic rings. The summed E-state index contributed by atoms with van der Waals surface area (Å²) in [5, 5.41) is 9.42. The number of carbonyl (C=O) groups excluding carboxylic acids is 1. The molecule has 7 nitrogen and oxygen atoms in total. The third kappa shape index (κ3) is 3.85. The van der Waals surface area contributed by atoms with Gasteiger partial charge in [-0.2, -0.15) is 0 Å². The van der Waals surface area contributed by atoms with Gasteiger partial charge in [0.15, 0.2) is 0 Å². The topological polar surface area (TPSA) is 104 Å². The van der Waals surface area contributed by atoms with E-state index in [9.17, 15) is 23.1 Å². The molecule has 1 saturated heterocycles. The van der Waals surface area contributed by atoms with Gasteiger partial charge in [-0.1, -0.05) is 6.92 Å². The number of carboxylic acid groups (broad SMARTS) is 1. The number of hydrogen-bond acceptors (Lipinski definition) is 4. The van der Waals surface area contributed by atoms with Crippen molar-refractivity contribution in [1.82, 2.24) is 9.62 Å². The second-order valence-electron chi connectivity index (χ2n) is 6.59. The number of rotatable bonds is 6. The van der Waals surface area contributed by atoms with Gasteiger partial charge >= 0.3 is 5.97 Å². The van der Waals surface area contributed by atoms with E-state index in [-0.39, 0.29) is 16.5 Å². The Morgan fingerprint density at radius 1 is 1.32 bits per heavy atom. The van der Waals surface area contributed by atoms with Crippen LogP contribution in [0.5, 0.6) is 0 Å². The van der Waals surface area contributed by atoms with Gasteiger partial charge in [-0.25, -0.2) is 17.9 Å². The van der Waals surface area contributed by atoms with Crippen molar-refractivity contribution in [2.24, 2.45) is 0 Å². The minimum Gasteiger partial charge on any atom is -0.480 e. The number of hydrogen-bond donors (Lipinski definition) is 2. The van der Waals surface area contributed by atoms with Gasteiger partial charge in [-0.3, -0.25) is 4.79 Å². The van der Waals surface area contributed by atoms with Crippen molar-refractivity contribution in [2.75, 3.05) is 6.54 Å². The van der Waals surface area contributed by atoms with Crippen LogP contribution in [0, 0.1) is 0 Å². The number of sulfonamides is 1. The first-order valence-electron chi connectivity index (χ1n) is 8.29. The van der Waals surface area contributed by atoms with Gasteiger partial charge in [-0.15, -0.1) is 0 Å². The molecule has 1 aromatic carbocycles. The average Bonchev–Trinajstić information content (AvgIpc) is 2.97. The molecule has 1 heterocycles. The molecule has 8 heteroatoms. The number of benzene rings is 1. The normalized spacial score (nSPS) is 22.0. The number of nitrogens with zero attached hydrogens (tertiary/aromatic N) is 1. The predicted octanol–water partition coefficient (Wildman–Crippen LogP) is 1.84. The Morgan fingerprint density at radius 2 is 1.92 bits per heavy atom. The van der Waals surface area contributed by atoms with E-state index < -0.39 is 27.4 Å². The van der Waals surface area contributed by atoms with Crippen molar-refractivity contribution in [2.45, 2.75) is 56.5 Å². The molecule has 1 fully saturated rings. The Labute approximate surface area is 148 Å². The van der Waals surface area contributed by atoms with Crippen LogP contribution >= 0.6 is 0 Å². The molecule has 0 spiro atoms. The van der Waals surface area contributed by atoms with Gasteiger partial charge in [0, 0.05) is 18.2 Å². The fourth-order valence-electron chi connectivity index (χ4n) is 2.86. The van der Waals surface area contributed by atoms with Crippen molar-refractivity contribution >= 4 is 21.9 Å². The highest BCUT2D eigenvalue weighted by molar-refractivity contribution is 7.89. The summed E-state index contributed by atoms with van der Waals surface area (Å²) in [7, 11) is -3.64. The summed E-state index contributed by atoms with van der Waals surface area (Å²) in [5.74, 6) is -1.43. The highest BCUT2D eigenvalue weighted by atomic mass is 32.2. The van der Waals surface area contributed by atoms with E-state index in [1.54, 1.807) is 6.92 Å². The number of carbonyl (C=O) groups is 2. The molecule has 138 valence electrons. The molecule has 2 rings (SSSR count). The van der Waals surface area contributed by atoms with Crippen molar-refractivity contribution in [3.8, 4) is 0 Å². The maximum atomic E-state index is 12.6. The summed E-state index contributed by atoms with van der Waals surface area (Å²) < 4.78 is 27.0. The van der Waals surface area contributed by atoms with Gasteiger partial charge in [0.1, 0.15) is 5.54 Å². The first-order valence-corrected chi connectivity index (χ1v) is 9.78. The molecule has 0 saturated carbocycles.